The SMILES string of the molecule is O=C(C=Cc1ccccc1-c1ccco1)c1ccccc1. The molecule has 0 spiro atoms. The van der Waals surface area contributed by atoms with E-state index in [0.29, 0.717) is 5.56 Å². The minimum atomic E-state index is -0.00940. The zero-order valence-electron chi connectivity index (χ0n) is 11.4. The fourth-order valence-corrected chi connectivity index (χ4v) is 2.16. The van der Waals surface area contributed by atoms with Crippen molar-refractivity contribution in [3.63, 3.8) is 0 Å². The lowest BCUT2D eigenvalue weighted by Gasteiger charge is -2.02. The van der Waals surface area contributed by atoms with Crippen LogP contribution in [0.1, 0.15) is 15.9 Å². The minimum Gasteiger partial charge on any atom is -0.464 e. The van der Waals surface area contributed by atoms with Crippen LogP contribution in [0.15, 0.2) is 83.5 Å². The van der Waals surface area contributed by atoms with Gasteiger partial charge in [-0.05, 0) is 23.8 Å². The van der Waals surface area contributed by atoms with Gasteiger partial charge in [-0.3, -0.25) is 4.79 Å². The maximum absolute atomic E-state index is 12.1. The Morgan fingerprint density at radius 1 is 0.857 bits per heavy atom. The Morgan fingerprint density at radius 2 is 1.62 bits per heavy atom. The molecule has 1 aromatic heterocycles. The number of hydrogen-bond acceptors (Lipinski definition) is 2. The molecule has 0 bridgehead atoms. The fourth-order valence-electron chi connectivity index (χ4n) is 2.16. The lowest BCUT2D eigenvalue weighted by molar-refractivity contribution is 0.104. The Hall–Kier alpha value is -2.87. The number of rotatable bonds is 4. The molecule has 0 aliphatic carbocycles. The summed E-state index contributed by atoms with van der Waals surface area (Å²) in [5.74, 6) is 0.784. The number of carbonyl (C=O) groups excluding carboxylic acids is 1. The van der Waals surface area contributed by atoms with Crippen molar-refractivity contribution in [2.24, 2.45) is 0 Å². The van der Waals surface area contributed by atoms with E-state index in [1.165, 1.54) is 0 Å². The number of hydrogen-bond donors (Lipinski definition) is 0. The Morgan fingerprint density at radius 3 is 2.38 bits per heavy atom. The molecule has 0 aliphatic heterocycles. The normalized spacial score (nSPS) is 10.9. The van der Waals surface area contributed by atoms with Crippen LogP contribution in [0.2, 0.25) is 0 Å². The first-order chi connectivity index (χ1) is 10.3. The van der Waals surface area contributed by atoms with Gasteiger partial charge in [-0.2, -0.15) is 0 Å². The molecule has 0 saturated heterocycles. The van der Waals surface area contributed by atoms with Gasteiger partial charge in [-0.25, -0.2) is 0 Å². The van der Waals surface area contributed by atoms with Crippen LogP contribution < -0.4 is 0 Å². The van der Waals surface area contributed by atoms with Gasteiger partial charge in [-0.1, -0.05) is 60.7 Å². The van der Waals surface area contributed by atoms with Crippen molar-refractivity contribution in [3.8, 4) is 11.3 Å². The van der Waals surface area contributed by atoms with Crippen molar-refractivity contribution in [1.82, 2.24) is 0 Å². The molecule has 2 nitrogen and oxygen atoms in total. The molecule has 2 heteroatoms. The third-order valence-corrected chi connectivity index (χ3v) is 3.22. The Labute approximate surface area is 123 Å². The van der Waals surface area contributed by atoms with Crippen LogP contribution in [0.5, 0.6) is 0 Å². The molecule has 2 aromatic carbocycles. The molecule has 3 aromatic rings. The maximum Gasteiger partial charge on any atom is 0.185 e. The third kappa shape index (κ3) is 3.00. The predicted molar refractivity (Wildman–Crippen MR) is 84.0 cm³/mol. The molecule has 1 heterocycles. The zero-order valence-corrected chi connectivity index (χ0v) is 11.4. The first-order valence-electron chi connectivity index (χ1n) is 6.75. The van der Waals surface area contributed by atoms with E-state index in [0.717, 1.165) is 16.9 Å². The summed E-state index contributed by atoms with van der Waals surface area (Å²) in [6.07, 6.45) is 5.06. The van der Waals surface area contributed by atoms with Crippen molar-refractivity contribution in [1.29, 1.82) is 0 Å². The van der Waals surface area contributed by atoms with Gasteiger partial charge in [0.25, 0.3) is 0 Å². The molecule has 0 amide bonds. The molecule has 0 atom stereocenters. The minimum absolute atomic E-state index is 0.00940. The quantitative estimate of drug-likeness (QED) is 0.503. The summed E-state index contributed by atoms with van der Waals surface area (Å²) in [6, 6.07) is 20.8. The van der Waals surface area contributed by atoms with E-state index in [1.54, 1.807) is 12.3 Å². The van der Waals surface area contributed by atoms with Gasteiger partial charge >= 0.3 is 0 Å². The van der Waals surface area contributed by atoms with E-state index in [-0.39, 0.29) is 5.78 Å². The van der Waals surface area contributed by atoms with E-state index in [1.807, 2.05) is 72.8 Å². The summed E-state index contributed by atoms with van der Waals surface area (Å²) in [7, 11) is 0. The van der Waals surface area contributed by atoms with Gasteiger partial charge in [0.1, 0.15) is 5.76 Å². The summed E-state index contributed by atoms with van der Waals surface area (Å²) in [4.78, 5) is 12.1. The van der Waals surface area contributed by atoms with Crippen LogP contribution in [0, 0.1) is 0 Å². The second-order valence-electron chi connectivity index (χ2n) is 4.63. The maximum atomic E-state index is 12.1. The summed E-state index contributed by atoms with van der Waals surface area (Å²) in [5, 5.41) is 0. The van der Waals surface area contributed by atoms with E-state index in [4.69, 9.17) is 4.42 Å². The Balaban J connectivity index is 1.89. The highest BCUT2D eigenvalue weighted by atomic mass is 16.3. The van der Waals surface area contributed by atoms with Gasteiger partial charge in [0.15, 0.2) is 5.78 Å². The molecule has 0 radical (unpaired) electrons. The van der Waals surface area contributed by atoms with Gasteiger partial charge in [-0.15, -0.1) is 0 Å². The smallest absolute Gasteiger partial charge is 0.185 e. The van der Waals surface area contributed by atoms with Gasteiger partial charge in [0.2, 0.25) is 0 Å². The number of benzene rings is 2. The average molecular weight is 274 g/mol. The number of allylic oxidation sites excluding steroid dienone is 1. The van der Waals surface area contributed by atoms with Crippen LogP contribution in [-0.4, -0.2) is 5.78 Å². The van der Waals surface area contributed by atoms with E-state index in [9.17, 15) is 4.79 Å². The second kappa shape index (κ2) is 6.06. The monoisotopic (exact) mass is 274 g/mol. The molecule has 102 valence electrons. The van der Waals surface area contributed by atoms with Gasteiger partial charge < -0.3 is 4.42 Å². The number of furan rings is 1. The fraction of sp³-hybridized carbons (Fsp3) is 0. The Kier molecular flexibility index (Phi) is 3.79. The molecular formula is C19H14O2. The topological polar surface area (TPSA) is 30.2 Å². The molecule has 0 N–H and O–H groups in total. The van der Waals surface area contributed by atoms with Crippen molar-refractivity contribution in [3.05, 3.63) is 90.2 Å². The second-order valence-corrected chi connectivity index (χ2v) is 4.63. The summed E-state index contributed by atoms with van der Waals surface area (Å²) in [6.45, 7) is 0. The van der Waals surface area contributed by atoms with E-state index in [2.05, 4.69) is 0 Å². The lowest BCUT2D eigenvalue weighted by atomic mass is 10.0. The third-order valence-electron chi connectivity index (χ3n) is 3.22. The molecule has 21 heavy (non-hydrogen) atoms. The summed E-state index contributed by atoms with van der Waals surface area (Å²) < 4.78 is 5.43. The highest BCUT2D eigenvalue weighted by molar-refractivity contribution is 6.07. The molecule has 0 saturated carbocycles. The van der Waals surface area contributed by atoms with Crippen LogP contribution in [0.25, 0.3) is 17.4 Å². The summed E-state index contributed by atoms with van der Waals surface area (Å²) >= 11 is 0. The first kappa shape index (κ1) is 13.1. The predicted octanol–water partition coefficient (Wildman–Crippen LogP) is 4.84. The highest BCUT2D eigenvalue weighted by Crippen LogP contribution is 2.25. The number of carbonyl (C=O) groups is 1. The van der Waals surface area contributed by atoms with Crippen molar-refractivity contribution < 1.29 is 9.21 Å². The highest BCUT2D eigenvalue weighted by Gasteiger charge is 2.05. The van der Waals surface area contributed by atoms with E-state index >= 15 is 0 Å². The molecule has 0 unspecified atom stereocenters. The number of ketones is 1. The van der Waals surface area contributed by atoms with Crippen LogP contribution in [0.4, 0.5) is 0 Å². The van der Waals surface area contributed by atoms with Crippen LogP contribution in [0.3, 0.4) is 0 Å². The van der Waals surface area contributed by atoms with Crippen LogP contribution in [-0.2, 0) is 0 Å². The van der Waals surface area contributed by atoms with Crippen molar-refractivity contribution >= 4 is 11.9 Å². The van der Waals surface area contributed by atoms with Crippen LogP contribution >= 0.6 is 0 Å². The molecule has 0 fully saturated rings. The van der Waals surface area contributed by atoms with E-state index < -0.39 is 0 Å². The largest absolute Gasteiger partial charge is 0.464 e. The Bertz CT molecular complexity index is 753. The molecule has 0 aliphatic rings. The molecule has 3 rings (SSSR count). The molecular weight excluding hydrogens is 260 g/mol. The van der Waals surface area contributed by atoms with Gasteiger partial charge in [0.05, 0.1) is 6.26 Å². The van der Waals surface area contributed by atoms with Crippen molar-refractivity contribution in [2.45, 2.75) is 0 Å². The zero-order chi connectivity index (χ0) is 14.5. The average Bonchev–Trinajstić information content (AvgIpc) is 3.08. The van der Waals surface area contributed by atoms with Crippen molar-refractivity contribution in [2.75, 3.05) is 0 Å². The first-order valence-corrected chi connectivity index (χ1v) is 6.75. The summed E-state index contributed by atoms with van der Waals surface area (Å²) in [5.41, 5.74) is 2.61. The standard InChI is InChI=1S/C19H14O2/c20-18(16-8-2-1-3-9-16)13-12-15-7-4-5-10-17(15)19-11-6-14-21-19/h1-14H. The van der Waals surface area contributed by atoms with Gasteiger partial charge in [0, 0.05) is 11.1 Å². The lowest BCUT2D eigenvalue weighted by Crippen LogP contribution is -1.93.